The maximum absolute atomic E-state index is 12.0. The molecule has 0 saturated carbocycles. The third-order valence-electron chi connectivity index (χ3n) is 2.30. The monoisotopic (exact) mass is 371 g/mol. The number of pyridine rings is 1. The molecule has 2 rings (SSSR count). The molecule has 0 radical (unpaired) electrons. The van der Waals surface area contributed by atoms with Crippen molar-refractivity contribution in [2.45, 2.75) is 0 Å². The fraction of sp³-hybridized carbons (Fsp3) is 0.167. The van der Waals surface area contributed by atoms with Crippen LogP contribution in [0.5, 0.6) is 0 Å². The Morgan fingerprint density at radius 1 is 1.44 bits per heavy atom. The summed E-state index contributed by atoms with van der Waals surface area (Å²) in [6.07, 6.45) is 6.64. The van der Waals surface area contributed by atoms with Crippen LogP contribution in [-0.2, 0) is 0 Å². The van der Waals surface area contributed by atoms with E-state index in [1.54, 1.807) is 16.8 Å². The van der Waals surface area contributed by atoms with Crippen LogP contribution in [0, 0.1) is 0 Å². The lowest BCUT2D eigenvalue weighted by atomic mass is 10.3. The minimum Gasteiger partial charge on any atom is -0.383 e. The van der Waals surface area contributed by atoms with Crippen molar-refractivity contribution in [2.24, 2.45) is 0 Å². The van der Waals surface area contributed by atoms with Crippen molar-refractivity contribution in [3.63, 3.8) is 0 Å². The molecule has 0 spiro atoms. The third kappa shape index (κ3) is 2.64. The Balaban J connectivity index is 2.49. The van der Waals surface area contributed by atoms with Crippen molar-refractivity contribution in [2.75, 3.05) is 14.1 Å². The van der Waals surface area contributed by atoms with Crippen LogP contribution < -0.4 is 0 Å². The number of hydrogen-bond acceptors (Lipinski definition) is 3. The maximum atomic E-state index is 12.0. The number of carbonyl (C=O) groups is 1. The molecule has 0 aliphatic heterocycles. The molecule has 2 heterocycles. The molecular weight excluding hydrogens is 362 g/mol. The van der Waals surface area contributed by atoms with Crippen LogP contribution in [0.3, 0.4) is 0 Å². The summed E-state index contributed by atoms with van der Waals surface area (Å²) in [4.78, 5) is 18.1. The van der Waals surface area contributed by atoms with Crippen LogP contribution in [-0.4, -0.2) is 34.2 Å². The van der Waals surface area contributed by atoms with Gasteiger partial charge >= 0.3 is 0 Å². The van der Waals surface area contributed by atoms with E-state index in [4.69, 9.17) is 0 Å². The first-order valence-corrected chi connectivity index (χ1v) is 6.78. The molecule has 2 aromatic heterocycles. The molecule has 0 saturated heterocycles. The second-order valence-electron chi connectivity index (χ2n) is 3.99. The zero-order valence-electron chi connectivity index (χ0n) is 9.89. The molecule has 0 amide bonds. The SMILES string of the molecule is CN(C)C=CC(=O)c1cnc2c(Br)cc(Br)cn12. The van der Waals surface area contributed by atoms with Gasteiger partial charge in [-0.25, -0.2) is 4.98 Å². The summed E-state index contributed by atoms with van der Waals surface area (Å²) in [5.74, 6) is -0.0822. The first kappa shape index (κ1) is 13.3. The number of allylic oxidation sites excluding steroid dienone is 1. The van der Waals surface area contributed by atoms with Gasteiger partial charge in [0.2, 0.25) is 5.78 Å². The molecule has 94 valence electrons. The lowest BCUT2D eigenvalue weighted by molar-refractivity contribution is 0.104. The molecule has 4 nitrogen and oxygen atoms in total. The highest BCUT2D eigenvalue weighted by atomic mass is 79.9. The van der Waals surface area contributed by atoms with Gasteiger partial charge in [-0.2, -0.15) is 0 Å². The summed E-state index contributed by atoms with van der Waals surface area (Å²) < 4.78 is 3.48. The minimum absolute atomic E-state index is 0.0822. The molecule has 6 heteroatoms. The number of carbonyl (C=O) groups excluding carboxylic acids is 1. The van der Waals surface area contributed by atoms with Crippen LogP contribution in [0.25, 0.3) is 5.65 Å². The largest absolute Gasteiger partial charge is 0.383 e. The van der Waals surface area contributed by atoms with Gasteiger partial charge in [0.15, 0.2) is 5.65 Å². The predicted molar refractivity (Wildman–Crippen MR) is 77.7 cm³/mol. The molecule has 0 bridgehead atoms. The van der Waals surface area contributed by atoms with Crippen LogP contribution in [0.2, 0.25) is 0 Å². The van der Waals surface area contributed by atoms with Crippen LogP contribution >= 0.6 is 31.9 Å². The summed E-state index contributed by atoms with van der Waals surface area (Å²) in [6, 6.07) is 1.90. The highest BCUT2D eigenvalue weighted by molar-refractivity contribution is 9.11. The normalized spacial score (nSPS) is 11.3. The van der Waals surface area contributed by atoms with Crippen molar-refractivity contribution < 1.29 is 4.79 Å². The van der Waals surface area contributed by atoms with E-state index in [-0.39, 0.29) is 5.78 Å². The Labute approximate surface area is 122 Å². The highest BCUT2D eigenvalue weighted by Gasteiger charge is 2.12. The van der Waals surface area contributed by atoms with E-state index in [2.05, 4.69) is 36.8 Å². The molecule has 0 aliphatic rings. The van der Waals surface area contributed by atoms with Gasteiger partial charge in [0.1, 0.15) is 5.69 Å². The van der Waals surface area contributed by atoms with Gasteiger partial charge in [-0.3, -0.25) is 9.20 Å². The van der Waals surface area contributed by atoms with Gasteiger partial charge in [-0.05, 0) is 37.9 Å². The van der Waals surface area contributed by atoms with Gasteiger partial charge < -0.3 is 4.90 Å². The lowest BCUT2D eigenvalue weighted by Crippen LogP contribution is -2.05. The predicted octanol–water partition coefficient (Wildman–Crippen LogP) is 3.12. The van der Waals surface area contributed by atoms with Gasteiger partial charge in [-0.1, -0.05) is 0 Å². The quantitative estimate of drug-likeness (QED) is 0.613. The Hall–Kier alpha value is -1.14. The zero-order chi connectivity index (χ0) is 13.3. The average Bonchev–Trinajstić information content (AvgIpc) is 2.69. The third-order valence-corrected chi connectivity index (χ3v) is 3.32. The second kappa shape index (κ2) is 5.24. The van der Waals surface area contributed by atoms with Gasteiger partial charge in [0.25, 0.3) is 0 Å². The van der Waals surface area contributed by atoms with Crippen molar-refractivity contribution in [1.82, 2.24) is 14.3 Å². The minimum atomic E-state index is -0.0822. The maximum Gasteiger partial charge on any atom is 0.205 e. The number of aromatic nitrogens is 2. The Morgan fingerprint density at radius 3 is 2.83 bits per heavy atom. The summed E-state index contributed by atoms with van der Waals surface area (Å²) in [6.45, 7) is 0. The van der Waals surface area contributed by atoms with Crippen LogP contribution in [0.1, 0.15) is 10.5 Å². The zero-order valence-corrected chi connectivity index (χ0v) is 13.1. The fourth-order valence-corrected chi connectivity index (χ4v) is 2.78. The van der Waals surface area contributed by atoms with Crippen molar-refractivity contribution in [3.05, 3.63) is 45.4 Å². The molecule has 0 unspecified atom stereocenters. The first-order valence-electron chi connectivity index (χ1n) is 5.20. The van der Waals surface area contributed by atoms with Crippen molar-refractivity contribution in [3.8, 4) is 0 Å². The summed E-state index contributed by atoms with van der Waals surface area (Å²) in [7, 11) is 3.73. The van der Waals surface area contributed by atoms with Crippen LogP contribution in [0.4, 0.5) is 0 Å². The molecule has 0 fully saturated rings. The number of halogens is 2. The van der Waals surface area contributed by atoms with E-state index < -0.39 is 0 Å². The van der Waals surface area contributed by atoms with E-state index in [1.807, 2.05) is 31.3 Å². The number of hydrogen-bond donors (Lipinski definition) is 0. The molecule has 0 aromatic carbocycles. The fourth-order valence-electron chi connectivity index (χ4n) is 1.50. The Kier molecular flexibility index (Phi) is 3.87. The van der Waals surface area contributed by atoms with Crippen molar-refractivity contribution in [1.29, 1.82) is 0 Å². The molecule has 18 heavy (non-hydrogen) atoms. The molecule has 0 aliphatic carbocycles. The standard InChI is InChI=1S/C12H11Br2N3O/c1-16(2)4-3-11(18)10-6-15-12-9(14)5-8(13)7-17(10)12/h3-7H,1-2H3. The highest BCUT2D eigenvalue weighted by Crippen LogP contribution is 2.23. The first-order chi connectivity index (χ1) is 8.49. The second-order valence-corrected chi connectivity index (χ2v) is 5.76. The smallest absolute Gasteiger partial charge is 0.205 e. The molecule has 2 aromatic rings. The number of nitrogens with zero attached hydrogens (tertiary/aromatic N) is 3. The lowest BCUT2D eigenvalue weighted by Gasteiger charge is -2.03. The number of fused-ring (bicyclic) bond motifs is 1. The summed E-state index contributed by atoms with van der Waals surface area (Å²) in [5, 5.41) is 0. The number of imidazole rings is 1. The summed E-state index contributed by atoms with van der Waals surface area (Å²) >= 11 is 6.82. The van der Waals surface area contributed by atoms with Gasteiger partial charge in [-0.15, -0.1) is 0 Å². The molecular formula is C12H11Br2N3O. The Bertz CT molecular complexity index is 632. The Morgan fingerprint density at radius 2 is 2.17 bits per heavy atom. The number of ketones is 1. The summed E-state index contributed by atoms with van der Waals surface area (Å²) in [5.41, 5.74) is 1.25. The van der Waals surface area contributed by atoms with E-state index >= 15 is 0 Å². The van der Waals surface area contributed by atoms with E-state index in [9.17, 15) is 4.79 Å². The molecule has 0 N–H and O–H groups in total. The topological polar surface area (TPSA) is 37.6 Å². The van der Waals surface area contributed by atoms with E-state index in [0.717, 1.165) is 14.6 Å². The average molecular weight is 373 g/mol. The van der Waals surface area contributed by atoms with Crippen molar-refractivity contribution >= 4 is 43.3 Å². The van der Waals surface area contributed by atoms with Gasteiger partial charge in [0.05, 0.1) is 10.7 Å². The van der Waals surface area contributed by atoms with Crippen LogP contribution in [0.15, 0.2) is 39.7 Å². The van der Waals surface area contributed by atoms with Gasteiger partial charge in [0, 0.05) is 37.0 Å². The van der Waals surface area contributed by atoms with E-state index in [1.165, 1.54) is 6.08 Å². The molecule has 0 atom stereocenters. The number of rotatable bonds is 3. The van der Waals surface area contributed by atoms with E-state index in [0.29, 0.717) is 5.69 Å².